The van der Waals surface area contributed by atoms with Gasteiger partial charge in [0.25, 0.3) is 0 Å². The Morgan fingerprint density at radius 3 is 2.65 bits per heavy atom. The second-order valence-corrected chi connectivity index (χ2v) is 6.59. The van der Waals surface area contributed by atoms with Crippen LogP contribution >= 0.6 is 11.6 Å². The van der Waals surface area contributed by atoms with Gasteiger partial charge in [-0.15, -0.1) is 0 Å². The summed E-state index contributed by atoms with van der Waals surface area (Å²) in [7, 11) is 0. The maximum absolute atomic E-state index is 6.11. The first-order chi connectivity index (χ1) is 11.2. The summed E-state index contributed by atoms with van der Waals surface area (Å²) in [6.07, 6.45) is 3.89. The van der Waals surface area contributed by atoms with E-state index in [2.05, 4.69) is 46.1 Å². The maximum atomic E-state index is 6.11. The van der Waals surface area contributed by atoms with Crippen LogP contribution in [0.1, 0.15) is 24.4 Å². The molecule has 118 valence electrons. The van der Waals surface area contributed by atoms with Crippen molar-refractivity contribution in [3.05, 3.63) is 47.1 Å². The summed E-state index contributed by atoms with van der Waals surface area (Å²) in [5.74, 6) is 0.988. The van der Waals surface area contributed by atoms with Crippen molar-refractivity contribution in [2.75, 3.05) is 13.1 Å². The number of halogens is 1. The van der Waals surface area contributed by atoms with Gasteiger partial charge in [0, 0.05) is 17.8 Å². The lowest BCUT2D eigenvalue weighted by molar-refractivity contribution is 0.376. The van der Waals surface area contributed by atoms with Crippen molar-refractivity contribution >= 4 is 22.8 Å². The van der Waals surface area contributed by atoms with Crippen molar-refractivity contribution in [3.63, 3.8) is 0 Å². The third-order valence-electron chi connectivity index (χ3n) is 4.48. The highest BCUT2D eigenvalue weighted by molar-refractivity contribution is 6.31. The van der Waals surface area contributed by atoms with Crippen LogP contribution in [0.15, 0.2) is 36.5 Å². The molecule has 1 aromatic carbocycles. The van der Waals surface area contributed by atoms with Crippen molar-refractivity contribution in [3.8, 4) is 11.4 Å². The molecule has 5 heteroatoms. The second kappa shape index (κ2) is 5.95. The molecule has 1 fully saturated rings. The standard InChI is InChI=1S/C18H19ClN4/c1-12-2-4-13(5-3-12)17-22-16-10-14(19)11-21-18(16)23(17)15-6-8-20-9-7-15/h2-5,10-11,15,20H,6-9H2,1H3. The lowest BCUT2D eigenvalue weighted by Crippen LogP contribution is -2.29. The molecular formula is C18H19ClN4. The van der Waals surface area contributed by atoms with E-state index in [1.807, 2.05) is 6.07 Å². The van der Waals surface area contributed by atoms with Gasteiger partial charge in [-0.25, -0.2) is 9.97 Å². The van der Waals surface area contributed by atoms with Crippen molar-refractivity contribution in [2.45, 2.75) is 25.8 Å². The number of rotatable bonds is 2. The number of piperidine rings is 1. The lowest BCUT2D eigenvalue weighted by Gasteiger charge is -2.26. The van der Waals surface area contributed by atoms with Crippen LogP contribution in [-0.2, 0) is 0 Å². The SMILES string of the molecule is Cc1ccc(-c2nc3cc(Cl)cnc3n2C2CCNCC2)cc1. The van der Waals surface area contributed by atoms with E-state index in [-0.39, 0.29) is 0 Å². The molecule has 1 aliphatic rings. The summed E-state index contributed by atoms with van der Waals surface area (Å²) in [5.41, 5.74) is 4.17. The van der Waals surface area contributed by atoms with Gasteiger partial charge < -0.3 is 9.88 Å². The van der Waals surface area contributed by atoms with Crippen molar-refractivity contribution in [1.29, 1.82) is 0 Å². The molecule has 0 spiro atoms. The highest BCUT2D eigenvalue weighted by Gasteiger charge is 2.23. The zero-order valence-corrected chi connectivity index (χ0v) is 13.8. The summed E-state index contributed by atoms with van der Waals surface area (Å²) in [5, 5.41) is 4.05. The molecule has 23 heavy (non-hydrogen) atoms. The van der Waals surface area contributed by atoms with Gasteiger partial charge in [-0.2, -0.15) is 0 Å². The normalized spacial score (nSPS) is 16.1. The molecule has 1 saturated heterocycles. The average Bonchev–Trinajstić information content (AvgIpc) is 2.94. The Hall–Kier alpha value is -1.91. The number of imidazole rings is 1. The van der Waals surface area contributed by atoms with Gasteiger partial charge in [0.05, 0.1) is 5.02 Å². The first kappa shape index (κ1) is 14.7. The Kier molecular flexibility index (Phi) is 3.79. The zero-order chi connectivity index (χ0) is 15.8. The van der Waals surface area contributed by atoms with Crippen LogP contribution in [0.2, 0.25) is 5.02 Å². The van der Waals surface area contributed by atoms with Crippen LogP contribution < -0.4 is 5.32 Å². The van der Waals surface area contributed by atoms with Gasteiger partial charge in [-0.1, -0.05) is 41.4 Å². The van der Waals surface area contributed by atoms with Crippen molar-refractivity contribution in [1.82, 2.24) is 19.9 Å². The number of fused-ring (bicyclic) bond motifs is 1. The lowest BCUT2D eigenvalue weighted by atomic mass is 10.1. The zero-order valence-electron chi connectivity index (χ0n) is 13.1. The Morgan fingerprint density at radius 2 is 1.91 bits per heavy atom. The predicted octanol–water partition coefficient (Wildman–Crippen LogP) is 3.98. The Balaban J connectivity index is 1.92. The summed E-state index contributed by atoms with van der Waals surface area (Å²) < 4.78 is 2.30. The van der Waals surface area contributed by atoms with Crippen LogP contribution in [0.25, 0.3) is 22.6 Å². The molecule has 4 rings (SSSR count). The first-order valence-electron chi connectivity index (χ1n) is 8.03. The smallest absolute Gasteiger partial charge is 0.160 e. The van der Waals surface area contributed by atoms with E-state index >= 15 is 0 Å². The summed E-state index contributed by atoms with van der Waals surface area (Å²) in [6, 6.07) is 10.8. The summed E-state index contributed by atoms with van der Waals surface area (Å²) >= 11 is 6.11. The number of hydrogen-bond donors (Lipinski definition) is 1. The van der Waals surface area contributed by atoms with Gasteiger partial charge in [0.15, 0.2) is 5.65 Å². The van der Waals surface area contributed by atoms with Crippen LogP contribution in [-0.4, -0.2) is 27.6 Å². The number of hydrogen-bond acceptors (Lipinski definition) is 3. The van der Waals surface area contributed by atoms with E-state index < -0.39 is 0 Å². The van der Waals surface area contributed by atoms with E-state index in [9.17, 15) is 0 Å². The third kappa shape index (κ3) is 2.73. The van der Waals surface area contributed by atoms with Gasteiger partial charge >= 0.3 is 0 Å². The minimum Gasteiger partial charge on any atom is -0.317 e. The summed E-state index contributed by atoms with van der Waals surface area (Å²) in [4.78, 5) is 9.41. The Labute approximate surface area is 140 Å². The third-order valence-corrected chi connectivity index (χ3v) is 4.69. The number of pyridine rings is 1. The van der Waals surface area contributed by atoms with E-state index in [0.717, 1.165) is 48.5 Å². The van der Waals surface area contributed by atoms with Gasteiger partial charge in [0.2, 0.25) is 0 Å². The molecule has 2 aromatic heterocycles. The van der Waals surface area contributed by atoms with Gasteiger partial charge in [-0.05, 0) is 38.9 Å². The monoisotopic (exact) mass is 326 g/mol. The maximum Gasteiger partial charge on any atom is 0.160 e. The van der Waals surface area contributed by atoms with Gasteiger partial charge in [-0.3, -0.25) is 0 Å². The molecule has 0 amide bonds. The highest BCUT2D eigenvalue weighted by atomic mass is 35.5. The fraction of sp³-hybridized carbons (Fsp3) is 0.333. The molecule has 0 atom stereocenters. The molecule has 3 aromatic rings. The molecule has 0 bridgehead atoms. The van der Waals surface area contributed by atoms with E-state index in [0.29, 0.717) is 11.1 Å². The average molecular weight is 327 g/mol. The Morgan fingerprint density at radius 1 is 1.17 bits per heavy atom. The number of aromatic nitrogens is 3. The molecule has 1 aliphatic heterocycles. The Bertz CT molecular complexity index is 832. The van der Waals surface area contributed by atoms with Crippen molar-refractivity contribution in [2.24, 2.45) is 0 Å². The highest BCUT2D eigenvalue weighted by Crippen LogP contribution is 2.32. The van der Waals surface area contributed by atoms with Crippen LogP contribution in [0.4, 0.5) is 0 Å². The quantitative estimate of drug-likeness (QED) is 0.774. The molecule has 1 N–H and O–H groups in total. The van der Waals surface area contributed by atoms with E-state index in [1.165, 1.54) is 5.56 Å². The van der Waals surface area contributed by atoms with E-state index in [1.54, 1.807) is 6.20 Å². The predicted molar refractivity (Wildman–Crippen MR) is 93.9 cm³/mol. The molecule has 0 unspecified atom stereocenters. The van der Waals surface area contributed by atoms with E-state index in [4.69, 9.17) is 16.6 Å². The van der Waals surface area contributed by atoms with Crippen LogP contribution in [0.5, 0.6) is 0 Å². The minimum atomic E-state index is 0.422. The van der Waals surface area contributed by atoms with Crippen LogP contribution in [0.3, 0.4) is 0 Å². The fourth-order valence-electron chi connectivity index (χ4n) is 3.27. The number of aryl methyl sites for hydroxylation is 1. The topological polar surface area (TPSA) is 42.7 Å². The first-order valence-corrected chi connectivity index (χ1v) is 8.41. The minimum absolute atomic E-state index is 0.422. The largest absolute Gasteiger partial charge is 0.317 e. The molecule has 4 nitrogen and oxygen atoms in total. The molecule has 0 saturated carbocycles. The number of nitrogens with one attached hydrogen (secondary N) is 1. The van der Waals surface area contributed by atoms with Gasteiger partial charge in [0.1, 0.15) is 11.3 Å². The molecular weight excluding hydrogens is 308 g/mol. The molecule has 3 heterocycles. The summed E-state index contributed by atoms with van der Waals surface area (Å²) in [6.45, 7) is 4.16. The van der Waals surface area contributed by atoms with Crippen molar-refractivity contribution < 1.29 is 0 Å². The second-order valence-electron chi connectivity index (χ2n) is 6.15. The molecule has 0 radical (unpaired) electrons. The molecule has 0 aliphatic carbocycles. The fourth-order valence-corrected chi connectivity index (χ4v) is 3.43. The number of nitrogens with zero attached hydrogens (tertiary/aromatic N) is 3. The number of benzene rings is 1. The van der Waals surface area contributed by atoms with Crippen LogP contribution in [0, 0.1) is 6.92 Å².